The van der Waals surface area contributed by atoms with Crippen LogP contribution in [-0.4, -0.2) is 39.5 Å². The Labute approximate surface area is 117 Å². The summed E-state index contributed by atoms with van der Waals surface area (Å²) in [7, 11) is 1.61. The van der Waals surface area contributed by atoms with Crippen LogP contribution in [0.15, 0.2) is 18.2 Å². The third-order valence-electron chi connectivity index (χ3n) is 2.31. The summed E-state index contributed by atoms with van der Waals surface area (Å²) in [5.41, 5.74) is 6.37. The van der Waals surface area contributed by atoms with Gasteiger partial charge < -0.3 is 19.9 Å². The standard InChI is InChI=1S/C13H18ClNO4/c1-17-7-8-18-5-2-6-19-13(16)11-4-3-10(15)9-12(11)14/h3-4,9H,2,5-8,15H2,1H3. The van der Waals surface area contributed by atoms with E-state index in [2.05, 4.69) is 0 Å². The molecule has 0 radical (unpaired) electrons. The molecular weight excluding hydrogens is 270 g/mol. The van der Waals surface area contributed by atoms with Gasteiger partial charge in [-0.2, -0.15) is 0 Å². The van der Waals surface area contributed by atoms with Crippen LogP contribution < -0.4 is 5.73 Å². The van der Waals surface area contributed by atoms with Crippen LogP contribution in [-0.2, 0) is 14.2 Å². The Morgan fingerprint density at radius 2 is 2.05 bits per heavy atom. The molecule has 0 amide bonds. The molecule has 19 heavy (non-hydrogen) atoms. The highest BCUT2D eigenvalue weighted by molar-refractivity contribution is 6.33. The predicted octanol–water partition coefficient (Wildman–Crippen LogP) is 2.13. The Morgan fingerprint density at radius 1 is 1.26 bits per heavy atom. The summed E-state index contributed by atoms with van der Waals surface area (Å²) in [4.78, 5) is 11.7. The van der Waals surface area contributed by atoms with E-state index in [4.69, 9.17) is 31.5 Å². The molecule has 0 saturated heterocycles. The van der Waals surface area contributed by atoms with Crippen molar-refractivity contribution in [1.29, 1.82) is 0 Å². The van der Waals surface area contributed by atoms with Gasteiger partial charge in [-0.05, 0) is 18.2 Å². The molecule has 0 aromatic heterocycles. The number of nitrogens with two attached hydrogens (primary N) is 1. The maximum Gasteiger partial charge on any atom is 0.339 e. The van der Waals surface area contributed by atoms with Crippen molar-refractivity contribution < 1.29 is 19.0 Å². The number of hydrogen-bond acceptors (Lipinski definition) is 5. The van der Waals surface area contributed by atoms with Gasteiger partial charge in [0.1, 0.15) is 0 Å². The summed E-state index contributed by atoms with van der Waals surface area (Å²) in [6.07, 6.45) is 0.627. The number of ether oxygens (including phenoxy) is 3. The summed E-state index contributed by atoms with van der Waals surface area (Å²) in [5.74, 6) is -0.457. The van der Waals surface area contributed by atoms with E-state index in [0.29, 0.717) is 42.5 Å². The number of benzene rings is 1. The van der Waals surface area contributed by atoms with Gasteiger partial charge in [0.15, 0.2) is 0 Å². The number of esters is 1. The zero-order chi connectivity index (χ0) is 14.1. The van der Waals surface area contributed by atoms with Gasteiger partial charge >= 0.3 is 5.97 Å². The number of anilines is 1. The van der Waals surface area contributed by atoms with E-state index in [9.17, 15) is 4.79 Å². The molecule has 5 nitrogen and oxygen atoms in total. The van der Waals surface area contributed by atoms with Crippen LogP contribution in [0, 0.1) is 0 Å². The highest BCUT2D eigenvalue weighted by atomic mass is 35.5. The molecule has 0 aliphatic carbocycles. The van der Waals surface area contributed by atoms with Crippen LogP contribution in [0.2, 0.25) is 5.02 Å². The summed E-state index contributed by atoms with van der Waals surface area (Å²) in [6.45, 7) is 1.90. The van der Waals surface area contributed by atoms with Crippen molar-refractivity contribution in [3.63, 3.8) is 0 Å². The molecule has 0 saturated carbocycles. The van der Waals surface area contributed by atoms with Gasteiger partial charge in [-0.1, -0.05) is 11.6 Å². The maximum absolute atomic E-state index is 11.7. The van der Waals surface area contributed by atoms with Gasteiger partial charge in [0.05, 0.1) is 30.4 Å². The topological polar surface area (TPSA) is 70.8 Å². The minimum atomic E-state index is -0.457. The fourth-order valence-corrected chi connectivity index (χ4v) is 1.61. The summed E-state index contributed by atoms with van der Waals surface area (Å²) < 4.78 is 15.2. The number of nitrogen functional groups attached to an aromatic ring is 1. The fourth-order valence-electron chi connectivity index (χ4n) is 1.34. The number of carbonyl (C=O) groups excluding carboxylic acids is 1. The Hall–Kier alpha value is -1.30. The van der Waals surface area contributed by atoms with Gasteiger partial charge in [-0.25, -0.2) is 4.79 Å². The van der Waals surface area contributed by atoms with Gasteiger partial charge in [0.25, 0.3) is 0 Å². The van der Waals surface area contributed by atoms with Crippen LogP contribution in [0.5, 0.6) is 0 Å². The van der Waals surface area contributed by atoms with Crippen LogP contribution in [0.3, 0.4) is 0 Å². The second kappa shape index (κ2) is 8.74. The quantitative estimate of drug-likeness (QED) is 0.450. The smallest absolute Gasteiger partial charge is 0.339 e. The van der Waals surface area contributed by atoms with Crippen LogP contribution in [0.25, 0.3) is 0 Å². The molecule has 106 valence electrons. The molecular formula is C13H18ClNO4. The first-order valence-electron chi connectivity index (χ1n) is 5.94. The molecule has 1 aromatic rings. The Kier molecular flexibility index (Phi) is 7.25. The van der Waals surface area contributed by atoms with Crippen molar-refractivity contribution >= 4 is 23.3 Å². The van der Waals surface area contributed by atoms with E-state index in [1.54, 1.807) is 19.2 Å². The lowest BCUT2D eigenvalue weighted by atomic mass is 10.2. The number of hydrogen-bond donors (Lipinski definition) is 1. The normalized spacial score (nSPS) is 10.4. The molecule has 0 heterocycles. The first-order chi connectivity index (χ1) is 9.15. The summed E-state index contributed by atoms with van der Waals surface area (Å²) in [6, 6.07) is 4.68. The molecule has 1 aromatic carbocycles. The Morgan fingerprint density at radius 3 is 2.74 bits per heavy atom. The summed E-state index contributed by atoms with van der Waals surface area (Å²) >= 11 is 5.90. The van der Waals surface area contributed by atoms with Crippen LogP contribution in [0.4, 0.5) is 5.69 Å². The SMILES string of the molecule is COCCOCCCOC(=O)c1ccc(N)cc1Cl. The second-order valence-electron chi connectivity index (χ2n) is 3.83. The van der Waals surface area contributed by atoms with Crippen molar-refractivity contribution in [2.75, 3.05) is 39.3 Å². The zero-order valence-electron chi connectivity index (χ0n) is 10.9. The van der Waals surface area contributed by atoms with E-state index in [0.717, 1.165) is 0 Å². The van der Waals surface area contributed by atoms with Gasteiger partial charge in [0.2, 0.25) is 0 Å². The van der Waals surface area contributed by atoms with Crippen LogP contribution in [0.1, 0.15) is 16.8 Å². The average Bonchev–Trinajstić information content (AvgIpc) is 2.37. The highest BCUT2D eigenvalue weighted by Gasteiger charge is 2.11. The average molecular weight is 288 g/mol. The Balaban J connectivity index is 2.24. The monoisotopic (exact) mass is 287 g/mol. The fraction of sp³-hybridized carbons (Fsp3) is 0.462. The molecule has 0 aliphatic heterocycles. The third kappa shape index (κ3) is 5.92. The van der Waals surface area contributed by atoms with Gasteiger partial charge in [-0.15, -0.1) is 0 Å². The van der Waals surface area contributed by atoms with Crippen molar-refractivity contribution in [3.8, 4) is 0 Å². The molecule has 2 N–H and O–H groups in total. The Bertz CT molecular complexity index is 412. The first kappa shape index (κ1) is 15.8. The molecule has 0 atom stereocenters. The molecule has 0 bridgehead atoms. The number of carbonyl (C=O) groups is 1. The number of halogens is 1. The molecule has 0 spiro atoms. The van der Waals surface area contributed by atoms with E-state index >= 15 is 0 Å². The first-order valence-corrected chi connectivity index (χ1v) is 6.31. The van der Waals surface area contributed by atoms with E-state index in [1.165, 1.54) is 6.07 Å². The minimum absolute atomic E-state index is 0.284. The lowest BCUT2D eigenvalue weighted by molar-refractivity contribution is 0.0386. The molecule has 0 unspecified atom stereocenters. The van der Waals surface area contributed by atoms with E-state index in [-0.39, 0.29) is 6.61 Å². The lowest BCUT2D eigenvalue weighted by Crippen LogP contribution is -2.10. The molecule has 0 aliphatic rings. The van der Waals surface area contributed by atoms with Crippen molar-refractivity contribution in [1.82, 2.24) is 0 Å². The van der Waals surface area contributed by atoms with Gasteiger partial charge in [0, 0.05) is 25.8 Å². The second-order valence-corrected chi connectivity index (χ2v) is 4.24. The van der Waals surface area contributed by atoms with Crippen molar-refractivity contribution in [2.45, 2.75) is 6.42 Å². The largest absolute Gasteiger partial charge is 0.462 e. The summed E-state index contributed by atoms with van der Waals surface area (Å²) in [5, 5.41) is 0.293. The highest BCUT2D eigenvalue weighted by Crippen LogP contribution is 2.19. The van der Waals surface area contributed by atoms with E-state index < -0.39 is 5.97 Å². The predicted molar refractivity (Wildman–Crippen MR) is 73.5 cm³/mol. The van der Waals surface area contributed by atoms with Gasteiger partial charge in [-0.3, -0.25) is 0 Å². The number of rotatable bonds is 8. The molecule has 0 fully saturated rings. The molecule has 6 heteroatoms. The van der Waals surface area contributed by atoms with Crippen molar-refractivity contribution in [2.24, 2.45) is 0 Å². The van der Waals surface area contributed by atoms with E-state index in [1.807, 2.05) is 0 Å². The maximum atomic E-state index is 11.7. The van der Waals surface area contributed by atoms with Crippen molar-refractivity contribution in [3.05, 3.63) is 28.8 Å². The lowest BCUT2D eigenvalue weighted by Gasteiger charge is -2.07. The van der Waals surface area contributed by atoms with Crippen LogP contribution >= 0.6 is 11.6 Å². The minimum Gasteiger partial charge on any atom is -0.462 e. The molecule has 1 rings (SSSR count). The number of methoxy groups -OCH3 is 1. The zero-order valence-corrected chi connectivity index (χ0v) is 11.6. The third-order valence-corrected chi connectivity index (χ3v) is 2.62.